The Morgan fingerprint density at radius 3 is 2.60 bits per heavy atom. The minimum Gasteiger partial charge on any atom is -0.489 e. The molecule has 1 N–H and O–H groups in total. The third-order valence-corrected chi connectivity index (χ3v) is 8.23. The molecule has 1 atom stereocenters. The second-order valence-corrected chi connectivity index (χ2v) is 10.6. The number of methoxy groups -OCH3 is 1. The maximum atomic E-state index is 12.6. The number of hydrogen-bond donors (Lipinski definition) is 1. The van der Waals surface area contributed by atoms with E-state index in [1.807, 2.05) is 24.3 Å². The first-order valence-electron chi connectivity index (χ1n) is 10.6. The summed E-state index contributed by atoms with van der Waals surface area (Å²) < 4.78 is 38.6. The fourth-order valence-corrected chi connectivity index (χ4v) is 6.13. The quantitative estimate of drug-likeness (QED) is 0.206. The van der Waals surface area contributed by atoms with Crippen molar-refractivity contribution >= 4 is 33.4 Å². The Labute approximate surface area is 206 Å². The average Bonchev–Trinajstić information content (AvgIpc) is 3.02. The van der Waals surface area contributed by atoms with Crippen LogP contribution in [0.15, 0.2) is 71.6 Å². The van der Waals surface area contributed by atoms with Crippen molar-refractivity contribution in [2.75, 3.05) is 19.4 Å². The molecule has 1 aliphatic heterocycles. The minimum atomic E-state index is -3.83. The molecule has 3 aromatic rings. The number of nitrogens with zero attached hydrogens (tertiary/aromatic N) is 1. The lowest BCUT2D eigenvalue weighted by Gasteiger charge is -2.19. The maximum Gasteiger partial charge on any atom is 0.337 e. The Morgan fingerprint density at radius 2 is 1.89 bits per heavy atom. The van der Waals surface area contributed by atoms with E-state index in [1.165, 1.54) is 31.0 Å². The minimum absolute atomic E-state index is 0.0469. The van der Waals surface area contributed by atoms with Crippen LogP contribution in [-0.4, -0.2) is 38.7 Å². The van der Waals surface area contributed by atoms with E-state index >= 15 is 0 Å². The summed E-state index contributed by atoms with van der Waals surface area (Å²) in [6, 6.07) is 17.7. The summed E-state index contributed by atoms with van der Waals surface area (Å²) in [5, 5.41) is 10.6. The number of benzene rings is 3. The molecule has 9 nitrogen and oxygen atoms in total. The third kappa shape index (κ3) is 5.47. The van der Waals surface area contributed by atoms with Crippen LogP contribution < -0.4 is 9.46 Å². The summed E-state index contributed by atoms with van der Waals surface area (Å²) in [4.78, 5) is 22.3. The molecule has 35 heavy (non-hydrogen) atoms. The number of hydrogen-bond acceptors (Lipinski definition) is 8. The van der Waals surface area contributed by atoms with E-state index in [9.17, 15) is 23.3 Å². The van der Waals surface area contributed by atoms with Gasteiger partial charge in [0.1, 0.15) is 12.4 Å². The normalized spacial score (nSPS) is 14.7. The van der Waals surface area contributed by atoms with E-state index in [0.717, 1.165) is 28.8 Å². The molecule has 3 aromatic carbocycles. The number of fused-ring (bicyclic) bond motifs is 2. The van der Waals surface area contributed by atoms with Gasteiger partial charge < -0.3 is 9.47 Å². The second-order valence-electron chi connectivity index (χ2n) is 7.63. The molecule has 0 spiro atoms. The predicted octanol–water partition coefficient (Wildman–Crippen LogP) is 4.07. The molecule has 0 saturated heterocycles. The number of nitro benzene ring substituents is 1. The molecular weight excluding hydrogens is 492 g/mol. The highest BCUT2D eigenvalue weighted by molar-refractivity contribution is 7.99. The molecule has 1 aliphatic rings. The third-order valence-electron chi connectivity index (χ3n) is 5.47. The predicted molar refractivity (Wildman–Crippen MR) is 131 cm³/mol. The monoisotopic (exact) mass is 514 g/mol. The smallest absolute Gasteiger partial charge is 0.337 e. The second kappa shape index (κ2) is 10.5. The molecule has 182 valence electrons. The zero-order chi connectivity index (χ0) is 25.0. The van der Waals surface area contributed by atoms with Gasteiger partial charge in [0.2, 0.25) is 10.0 Å². The maximum absolute atomic E-state index is 12.6. The number of esters is 1. The molecule has 1 unspecified atom stereocenters. The molecule has 0 aromatic heterocycles. The Hall–Kier alpha value is -3.41. The number of nitro groups is 1. The van der Waals surface area contributed by atoms with Gasteiger partial charge in [0.25, 0.3) is 5.69 Å². The van der Waals surface area contributed by atoms with Crippen molar-refractivity contribution in [1.82, 2.24) is 4.72 Å². The number of non-ortho nitro benzene ring substituents is 1. The first kappa shape index (κ1) is 24.7. The Balaban J connectivity index is 1.52. The summed E-state index contributed by atoms with van der Waals surface area (Å²) in [7, 11) is -2.50. The molecule has 0 radical (unpaired) electrons. The van der Waals surface area contributed by atoms with Gasteiger partial charge in [-0.05, 0) is 41.5 Å². The Kier molecular flexibility index (Phi) is 7.39. The van der Waals surface area contributed by atoms with E-state index in [4.69, 9.17) is 9.47 Å². The van der Waals surface area contributed by atoms with Crippen LogP contribution in [0.1, 0.15) is 32.3 Å². The van der Waals surface area contributed by atoms with Crippen LogP contribution in [0.5, 0.6) is 5.75 Å². The van der Waals surface area contributed by atoms with Crippen LogP contribution in [0.25, 0.3) is 0 Å². The van der Waals surface area contributed by atoms with Gasteiger partial charge in [0.15, 0.2) is 0 Å². The zero-order valence-electron chi connectivity index (χ0n) is 18.7. The van der Waals surface area contributed by atoms with Crippen LogP contribution in [0.3, 0.4) is 0 Å². The van der Waals surface area contributed by atoms with E-state index in [-0.39, 0.29) is 22.4 Å². The average molecular weight is 515 g/mol. The molecule has 0 aliphatic carbocycles. The Morgan fingerprint density at radius 1 is 1.14 bits per heavy atom. The Bertz CT molecular complexity index is 1360. The summed E-state index contributed by atoms with van der Waals surface area (Å²) in [5.74, 6) is 0.621. The molecule has 0 saturated carbocycles. The van der Waals surface area contributed by atoms with Gasteiger partial charge in [0, 0.05) is 30.0 Å². The van der Waals surface area contributed by atoms with Gasteiger partial charge in [-0.1, -0.05) is 24.3 Å². The van der Waals surface area contributed by atoms with E-state index < -0.39 is 20.9 Å². The molecule has 4 rings (SSSR count). The van der Waals surface area contributed by atoms with Crippen LogP contribution in [-0.2, 0) is 21.4 Å². The topological polar surface area (TPSA) is 125 Å². The van der Waals surface area contributed by atoms with E-state index in [1.54, 1.807) is 18.2 Å². The lowest BCUT2D eigenvalue weighted by Crippen LogP contribution is -2.26. The lowest BCUT2D eigenvalue weighted by atomic mass is 9.98. The highest BCUT2D eigenvalue weighted by Gasteiger charge is 2.26. The number of sulfonamides is 1. The molecule has 0 bridgehead atoms. The first-order valence-corrected chi connectivity index (χ1v) is 13.1. The largest absolute Gasteiger partial charge is 0.489 e. The molecule has 11 heteroatoms. The number of nitrogens with one attached hydrogen (secondary N) is 1. The van der Waals surface area contributed by atoms with Gasteiger partial charge in [-0.2, -0.15) is 0 Å². The van der Waals surface area contributed by atoms with Crippen molar-refractivity contribution in [1.29, 1.82) is 0 Å². The van der Waals surface area contributed by atoms with Crippen molar-refractivity contribution in [3.63, 3.8) is 0 Å². The van der Waals surface area contributed by atoms with Gasteiger partial charge in [-0.3, -0.25) is 10.1 Å². The van der Waals surface area contributed by atoms with Crippen molar-refractivity contribution in [3.05, 3.63) is 99.1 Å². The standard InChI is InChI=1S/C24H22N2O7S2/c1-32-24(27)16-6-11-22-21(14-16)23(20-5-3-2-4-17(20)15-33-22)34-13-12-25-35(30,31)19-9-7-18(8-10-19)26(28)29/h2-11,14,23,25H,12-13,15H2,1H3. The van der Waals surface area contributed by atoms with E-state index in [0.29, 0.717) is 23.7 Å². The van der Waals surface area contributed by atoms with Crippen LogP contribution in [0, 0.1) is 10.1 Å². The van der Waals surface area contributed by atoms with Crippen LogP contribution in [0.2, 0.25) is 0 Å². The van der Waals surface area contributed by atoms with Crippen molar-refractivity contribution in [2.24, 2.45) is 0 Å². The summed E-state index contributed by atoms with van der Waals surface area (Å²) in [6.07, 6.45) is 0. The number of rotatable bonds is 8. The van der Waals surface area contributed by atoms with Crippen molar-refractivity contribution in [3.8, 4) is 5.75 Å². The molecular formula is C24H22N2O7S2. The van der Waals surface area contributed by atoms with Crippen molar-refractivity contribution < 1.29 is 27.6 Å². The summed E-state index contributed by atoms with van der Waals surface area (Å²) in [6.45, 7) is 0.514. The summed E-state index contributed by atoms with van der Waals surface area (Å²) in [5.41, 5.74) is 3.06. The van der Waals surface area contributed by atoms with E-state index in [2.05, 4.69) is 4.72 Å². The molecule has 1 heterocycles. The summed E-state index contributed by atoms with van der Waals surface area (Å²) >= 11 is 1.52. The SMILES string of the molecule is COC(=O)c1ccc2c(c1)C(SCCNS(=O)(=O)c1ccc([N+](=O)[O-])cc1)c1ccccc1CO2. The zero-order valence-corrected chi connectivity index (χ0v) is 20.3. The van der Waals surface area contributed by atoms with Gasteiger partial charge in [-0.25, -0.2) is 17.9 Å². The van der Waals surface area contributed by atoms with Gasteiger partial charge in [0.05, 0.1) is 27.7 Å². The molecule has 0 fully saturated rings. The fourth-order valence-electron chi connectivity index (χ4n) is 3.74. The van der Waals surface area contributed by atoms with Crippen LogP contribution in [0.4, 0.5) is 5.69 Å². The number of ether oxygens (including phenoxy) is 2. The van der Waals surface area contributed by atoms with Gasteiger partial charge in [-0.15, -0.1) is 11.8 Å². The fraction of sp³-hybridized carbons (Fsp3) is 0.208. The molecule has 0 amide bonds. The number of carbonyl (C=O) groups is 1. The van der Waals surface area contributed by atoms with Crippen molar-refractivity contribution in [2.45, 2.75) is 16.8 Å². The highest BCUT2D eigenvalue weighted by atomic mass is 32.2. The highest BCUT2D eigenvalue weighted by Crippen LogP contribution is 2.44. The number of thioether (sulfide) groups is 1. The first-order chi connectivity index (χ1) is 16.8. The lowest BCUT2D eigenvalue weighted by molar-refractivity contribution is -0.384. The van der Waals surface area contributed by atoms with Gasteiger partial charge >= 0.3 is 5.97 Å². The number of carbonyl (C=O) groups excluding carboxylic acids is 1. The van der Waals surface area contributed by atoms with Crippen LogP contribution >= 0.6 is 11.8 Å².